The molecule has 18 heavy (non-hydrogen) atoms. The van der Waals surface area contributed by atoms with Crippen molar-refractivity contribution in [1.82, 2.24) is 4.98 Å². The second kappa shape index (κ2) is 5.14. The molecule has 0 aliphatic heterocycles. The number of hydrogen-bond acceptors (Lipinski definition) is 4. The van der Waals surface area contributed by atoms with E-state index in [9.17, 15) is 5.11 Å². The molecule has 0 unspecified atom stereocenters. The van der Waals surface area contributed by atoms with Gasteiger partial charge in [-0.05, 0) is 50.2 Å². The van der Waals surface area contributed by atoms with Crippen LogP contribution >= 0.6 is 0 Å². The van der Waals surface area contributed by atoms with Crippen LogP contribution in [0.1, 0.15) is 38.2 Å². The van der Waals surface area contributed by atoms with Crippen LogP contribution in [0.25, 0.3) is 0 Å². The Morgan fingerprint density at radius 1 is 1.50 bits per heavy atom. The lowest BCUT2D eigenvalue weighted by Gasteiger charge is -2.35. The maximum absolute atomic E-state index is 10.5. The van der Waals surface area contributed by atoms with Gasteiger partial charge in [-0.25, -0.2) is 4.98 Å². The fourth-order valence-corrected chi connectivity index (χ4v) is 2.51. The van der Waals surface area contributed by atoms with Gasteiger partial charge in [0.1, 0.15) is 5.82 Å². The van der Waals surface area contributed by atoms with Crippen molar-refractivity contribution in [2.75, 3.05) is 17.6 Å². The first kappa shape index (κ1) is 13.1. The molecule has 1 heterocycles. The molecule has 0 aromatic carbocycles. The Morgan fingerprint density at radius 2 is 2.17 bits per heavy atom. The van der Waals surface area contributed by atoms with E-state index in [1.165, 1.54) is 0 Å². The lowest BCUT2D eigenvalue weighted by atomic mass is 9.79. The molecule has 1 saturated carbocycles. The minimum atomic E-state index is -0.581. The van der Waals surface area contributed by atoms with Crippen molar-refractivity contribution >= 4 is 11.5 Å². The average Bonchev–Trinajstić information content (AvgIpc) is 2.32. The van der Waals surface area contributed by atoms with Gasteiger partial charge < -0.3 is 16.2 Å². The standard InChI is InChI=1S/C14H23N3O/c1-10-3-5-14(18,6-4-10)9-17-13-11(2)7-12(15)8-16-13/h7-8,10,18H,3-6,9,15H2,1-2H3,(H,16,17). The quantitative estimate of drug-likeness (QED) is 0.769. The largest absolute Gasteiger partial charge is 0.397 e. The van der Waals surface area contributed by atoms with E-state index in [1.807, 2.05) is 13.0 Å². The van der Waals surface area contributed by atoms with Gasteiger partial charge in [-0.2, -0.15) is 0 Å². The molecule has 1 aromatic heterocycles. The smallest absolute Gasteiger partial charge is 0.129 e. The van der Waals surface area contributed by atoms with E-state index in [-0.39, 0.29) is 0 Å². The summed E-state index contributed by atoms with van der Waals surface area (Å²) in [6, 6.07) is 1.89. The molecule has 4 nitrogen and oxygen atoms in total. The van der Waals surface area contributed by atoms with Gasteiger partial charge in [0.2, 0.25) is 0 Å². The summed E-state index contributed by atoms with van der Waals surface area (Å²) in [6.07, 6.45) is 5.59. The van der Waals surface area contributed by atoms with Gasteiger partial charge in [-0.1, -0.05) is 6.92 Å². The Bertz CT molecular complexity index is 412. The lowest BCUT2D eigenvalue weighted by Crippen LogP contribution is -2.40. The highest BCUT2D eigenvalue weighted by Crippen LogP contribution is 2.32. The molecule has 1 aliphatic carbocycles. The summed E-state index contributed by atoms with van der Waals surface area (Å²) in [6.45, 7) is 4.79. The van der Waals surface area contributed by atoms with Crippen LogP contribution in [0.15, 0.2) is 12.3 Å². The molecule has 100 valence electrons. The van der Waals surface area contributed by atoms with E-state index in [0.717, 1.165) is 43.0 Å². The van der Waals surface area contributed by atoms with Gasteiger partial charge in [-0.15, -0.1) is 0 Å². The number of aliphatic hydroxyl groups is 1. The van der Waals surface area contributed by atoms with Crippen molar-refractivity contribution in [1.29, 1.82) is 0 Å². The molecule has 0 atom stereocenters. The number of nitrogens with zero attached hydrogens (tertiary/aromatic N) is 1. The van der Waals surface area contributed by atoms with E-state index in [2.05, 4.69) is 17.2 Å². The molecular formula is C14H23N3O. The van der Waals surface area contributed by atoms with E-state index in [1.54, 1.807) is 6.20 Å². The summed E-state index contributed by atoms with van der Waals surface area (Å²) in [7, 11) is 0. The minimum absolute atomic E-state index is 0.567. The van der Waals surface area contributed by atoms with Gasteiger partial charge in [0, 0.05) is 6.54 Å². The zero-order chi connectivity index (χ0) is 13.2. The first-order valence-corrected chi connectivity index (χ1v) is 6.67. The molecule has 0 amide bonds. The maximum Gasteiger partial charge on any atom is 0.129 e. The Balaban J connectivity index is 1.94. The molecule has 1 fully saturated rings. The van der Waals surface area contributed by atoms with Crippen LogP contribution in [0.2, 0.25) is 0 Å². The fraction of sp³-hybridized carbons (Fsp3) is 0.643. The third-order valence-electron chi connectivity index (χ3n) is 3.89. The number of aryl methyl sites for hydroxylation is 1. The van der Waals surface area contributed by atoms with Crippen LogP contribution in [0.3, 0.4) is 0 Å². The normalized spacial score (nSPS) is 28.1. The summed E-state index contributed by atoms with van der Waals surface area (Å²) in [5.41, 5.74) is 6.77. The molecule has 0 bridgehead atoms. The zero-order valence-electron chi connectivity index (χ0n) is 11.2. The second-order valence-electron chi connectivity index (χ2n) is 5.69. The van der Waals surface area contributed by atoms with Crippen LogP contribution in [0.5, 0.6) is 0 Å². The van der Waals surface area contributed by atoms with Gasteiger partial charge in [0.15, 0.2) is 0 Å². The molecule has 2 rings (SSSR count). The molecule has 1 aromatic rings. The fourth-order valence-electron chi connectivity index (χ4n) is 2.51. The third-order valence-corrected chi connectivity index (χ3v) is 3.89. The predicted molar refractivity (Wildman–Crippen MR) is 74.5 cm³/mol. The monoisotopic (exact) mass is 249 g/mol. The van der Waals surface area contributed by atoms with E-state index < -0.39 is 5.60 Å². The summed E-state index contributed by atoms with van der Waals surface area (Å²) in [4.78, 5) is 4.26. The first-order chi connectivity index (χ1) is 8.48. The molecule has 0 spiro atoms. The molecule has 0 radical (unpaired) electrons. The number of aromatic nitrogens is 1. The SMILES string of the molecule is Cc1cc(N)cnc1NCC1(O)CCC(C)CC1. The van der Waals surface area contributed by atoms with Gasteiger partial charge in [0.05, 0.1) is 17.5 Å². The molecular weight excluding hydrogens is 226 g/mol. The Hall–Kier alpha value is -1.29. The Kier molecular flexibility index (Phi) is 3.76. The summed E-state index contributed by atoms with van der Waals surface area (Å²) >= 11 is 0. The van der Waals surface area contributed by atoms with E-state index in [4.69, 9.17) is 5.73 Å². The van der Waals surface area contributed by atoms with Crippen LogP contribution in [-0.4, -0.2) is 22.2 Å². The zero-order valence-corrected chi connectivity index (χ0v) is 11.2. The Labute approximate surface area is 109 Å². The lowest BCUT2D eigenvalue weighted by molar-refractivity contribution is 0.00494. The summed E-state index contributed by atoms with van der Waals surface area (Å²) < 4.78 is 0. The van der Waals surface area contributed by atoms with Gasteiger partial charge in [0.25, 0.3) is 0 Å². The van der Waals surface area contributed by atoms with Gasteiger partial charge in [-0.3, -0.25) is 0 Å². The van der Waals surface area contributed by atoms with Crippen molar-refractivity contribution in [3.05, 3.63) is 17.8 Å². The van der Waals surface area contributed by atoms with Crippen molar-refractivity contribution in [3.63, 3.8) is 0 Å². The minimum Gasteiger partial charge on any atom is -0.397 e. The first-order valence-electron chi connectivity index (χ1n) is 6.67. The van der Waals surface area contributed by atoms with Crippen LogP contribution in [0.4, 0.5) is 11.5 Å². The number of rotatable bonds is 3. The van der Waals surface area contributed by atoms with Crippen LogP contribution in [0, 0.1) is 12.8 Å². The van der Waals surface area contributed by atoms with Crippen molar-refractivity contribution < 1.29 is 5.11 Å². The number of nitrogens with two attached hydrogens (primary N) is 1. The van der Waals surface area contributed by atoms with Crippen molar-refractivity contribution in [3.8, 4) is 0 Å². The highest BCUT2D eigenvalue weighted by Gasteiger charge is 2.31. The highest BCUT2D eigenvalue weighted by molar-refractivity contribution is 5.50. The summed E-state index contributed by atoms with van der Waals surface area (Å²) in [5, 5.41) is 13.7. The third kappa shape index (κ3) is 3.13. The van der Waals surface area contributed by atoms with Crippen LogP contribution < -0.4 is 11.1 Å². The number of hydrogen-bond donors (Lipinski definition) is 3. The molecule has 0 saturated heterocycles. The average molecular weight is 249 g/mol. The van der Waals surface area contributed by atoms with Crippen molar-refractivity contribution in [2.24, 2.45) is 5.92 Å². The van der Waals surface area contributed by atoms with Crippen molar-refractivity contribution in [2.45, 2.75) is 45.1 Å². The van der Waals surface area contributed by atoms with Gasteiger partial charge >= 0.3 is 0 Å². The number of pyridine rings is 1. The molecule has 4 N–H and O–H groups in total. The number of anilines is 2. The number of nitrogen functional groups attached to an aromatic ring is 1. The highest BCUT2D eigenvalue weighted by atomic mass is 16.3. The van der Waals surface area contributed by atoms with Crippen LogP contribution in [-0.2, 0) is 0 Å². The molecule has 1 aliphatic rings. The second-order valence-corrected chi connectivity index (χ2v) is 5.69. The molecule has 4 heteroatoms. The topological polar surface area (TPSA) is 71.2 Å². The summed E-state index contributed by atoms with van der Waals surface area (Å²) in [5.74, 6) is 1.55. The number of nitrogens with one attached hydrogen (secondary N) is 1. The Morgan fingerprint density at radius 3 is 2.78 bits per heavy atom. The van der Waals surface area contributed by atoms with E-state index in [0.29, 0.717) is 12.2 Å². The van der Waals surface area contributed by atoms with E-state index >= 15 is 0 Å². The predicted octanol–water partition coefficient (Wildman–Crippen LogP) is 2.33. The maximum atomic E-state index is 10.5.